The first kappa shape index (κ1) is 10.4. The van der Waals surface area contributed by atoms with Gasteiger partial charge in [-0.1, -0.05) is 6.07 Å². The first-order valence-corrected chi connectivity index (χ1v) is 5.35. The fourth-order valence-electron chi connectivity index (χ4n) is 2.32. The summed E-state index contributed by atoms with van der Waals surface area (Å²) in [4.78, 5) is 2.14. The molecule has 1 aliphatic rings. The van der Waals surface area contributed by atoms with E-state index in [0.29, 0.717) is 6.04 Å². The zero-order valence-electron chi connectivity index (χ0n) is 9.20. The summed E-state index contributed by atoms with van der Waals surface area (Å²) in [5, 5.41) is 0. The third kappa shape index (κ3) is 1.84. The number of nitrogens with two attached hydrogens (primary N) is 1. The molecular weight excluding hydrogens is 191 g/mol. The molecule has 0 aromatic heterocycles. The number of halogens is 1. The number of fused-ring (bicyclic) bond motifs is 1. The van der Waals surface area contributed by atoms with Gasteiger partial charge in [-0.15, -0.1) is 0 Å². The Bertz CT molecular complexity index is 363. The summed E-state index contributed by atoms with van der Waals surface area (Å²) in [5.41, 5.74) is 7.64. The molecule has 2 unspecified atom stereocenters. The van der Waals surface area contributed by atoms with E-state index in [0.717, 1.165) is 24.1 Å². The molecule has 3 heteroatoms. The van der Waals surface area contributed by atoms with E-state index >= 15 is 0 Å². The number of benzene rings is 1. The second-order valence-corrected chi connectivity index (χ2v) is 4.42. The number of anilines is 1. The van der Waals surface area contributed by atoms with Crippen LogP contribution in [0.15, 0.2) is 18.2 Å². The van der Waals surface area contributed by atoms with Crippen molar-refractivity contribution in [3.05, 3.63) is 29.6 Å². The highest BCUT2D eigenvalue weighted by molar-refractivity contribution is 5.59. The average molecular weight is 208 g/mol. The molecule has 1 heterocycles. The van der Waals surface area contributed by atoms with Gasteiger partial charge in [0.1, 0.15) is 5.82 Å². The molecule has 0 amide bonds. The van der Waals surface area contributed by atoms with Crippen molar-refractivity contribution in [2.45, 2.75) is 31.8 Å². The van der Waals surface area contributed by atoms with E-state index in [1.807, 2.05) is 20.0 Å². The normalized spacial score (nSPS) is 21.6. The molecule has 2 atom stereocenters. The molecule has 1 aromatic carbocycles. The number of nitrogens with zero attached hydrogens (tertiary/aromatic N) is 1. The number of likely N-dealkylation sites (N-methyl/N-ethyl adjacent to an activating group) is 1. The molecule has 1 aliphatic heterocycles. The molecule has 0 saturated heterocycles. The molecule has 2 rings (SSSR count). The van der Waals surface area contributed by atoms with Gasteiger partial charge in [0.2, 0.25) is 0 Å². The molecule has 0 fully saturated rings. The first-order chi connectivity index (χ1) is 7.09. The lowest BCUT2D eigenvalue weighted by Crippen LogP contribution is -2.33. The molecule has 0 radical (unpaired) electrons. The van der Waals surface area contributed by atoms with Crippen molar-refractivity contribution in [1.29, 1.82) is 0 Å². The molecule has 0 bridgehead atoms. The largest absolute Gasteiger partial charge is 0.371 e. The maximum absolute atomic E-state index is 13.5. The Balaban J connectivity index is 2.25. The topological polar surface area (TPSA) is 29.3 Å². The highest BCUT2D eigenvalue weighted by Crippen LogP contribution is 2.33. The number of rotatable bonds is 2. The fraction of sp³-hybridized carbons (Fsp3) is 0.500. The third-order valence-electron chi connectivity index (χ3n) is 3.11. The van der Waals surface area contributed by atoms with E-state index in [1.54, 1.807) is 6.07 Å². The summed E-state index contributed by atoms with van der Waals surface area (Å²) in [7, 11) is 2.01. The lowest BCUT2D eigenvalue weighted by Gasteiger charge is -2.23. The van der Waals surface area contributed by atoms with Crippen LogP contribution >= 0.6 is 0 Å². The Hall–Kier alpha value is -1.09. The van der Waals surface area contributed by atoms with Gasteiger partial charge in [0, 0.05) is 30.4 Å². The number of hydrogen-bond donors (Lipinski definition) is 1. The highest BCUT2D eigenvalue weighted by Gasteiger charge is 2.28. The zero-order chi connectivity index (χ0) is 11.0. The van der Waals surface area contributed by atoms with Gasteiger partial charge >= 0.3 is 0 Å². The van der Waals surface area contributed by atoms with E-state index < -0.39 is 0 Å². The van der Waals surface area contributed by atoms with Gasteiger partial charge in [0.15, 0.2) is 0 Å². The van der Waals surface area contributed by atoms with Crippen molar-refractivity contribution in [2.24, 2.45) is 5.73 Å². The summed E-state index contributed by atoms with van der Waals surface area (Å²) in [6.07, 6.45) is 1.69. The van der Waals surface area contributed by atoms with Crippen LogP contribution in [0, 0.1) is 5.82 Å². The molecule has 0 aliphatic carbocycles. The van der Waals surface area contributed by atoms with Crippen LogP contribution in [-0.2, 0) is 6.42 Å². The minimum absolute atomic E-state index is 0.0912. The quantitative estimate of drug-likeness (QED) is 0.804. The molecule has 82 valence electrons. The highest BCUT2D eigenvalue weighted by atomic mass is 19.1. The van der Waals surface area contributed by atoms with Gasteiger partial charge in [-0.3, -0.25) is 0 Å². The monoisotopic (exact) mass is 208 g/mol. The maximum atomic E-state index is 13.5. The van der Waals surface area contributed by atoms with Crippen molar-refractivity contribution >= 4 is 5.69 Å². The van der Waals surface area contributed by atoms with Crippen LogP contribution in [0.3, 0.4) is 0 Å². The van der Waals surface area contributed by atoms with Crippen molar-refractivity contribution in [3.8, 4) is 0 Å². The minimum Gasteiger partial charge on any atom is -0.371 e. The van der Waals surface area contributed by atoms with Crippen molar-refractivity contribution in [3.63, 3.8) is 0 Å². The van der Waals surface area contributed by atoms with Crippen molar-refractivity contribution < 1.29 is 4.39 Å². The van der Waals surface area contributed by atoms with Crippen LogP contribution in [0.25, 0.3) is 0 Å². The average Bonchev–Trinajstić information content (AvgIpc) is 2.46. The van der Waals surface area contributed by atoms with E-state index in [4.69, 9.17) is 5.73 Å². The van der Waals surface area contributed by atoms with Crippen LogP contribution < -0.4 is 10.6 Å². The Morgan fingerprint density at radius 2 is 2.33 bits per heavy atom. The van der Waals surface area contributed by atoms with Gasteiger partial charge < -0.3 is 10.6 Å². The fourth-order valence-corrected chi connectivity index (χ4v) is 2.32. The number of hydrogen-bond acceptors (Lipinski definition) is 2. The summed E-state index contributed by atoms with van der Waals surface area (Å²) >= 11 is 0. The van der Waals surface area contributed by atoms with E-state index in [-0.39, 0.29) is 11.9 Å². The van der Waals surface area contributed by atoms with Crippen molar-refractivity contribution in [1.82, 2.24) is 0 Å². The van der Waals surface area contributed by atoms with E-state index in [2.05, 4.69) is 4.90 Å². The molecule has 2 N–H and O–H groups in total. The lowest BCUT2D eigenvalue weighted by molar-refractivity contribution is 0.536. The summed E-state index contributed by atoms with van der Waals surface area (Å²) < 4.78 is 13.5. The van der Waals surface area contributed by atoms with E-state index in [1.165, 1.54) is 6.07 Å². The molecule has 15 heavy (non-hydrogen) atoms. The van der Waals surface area contributed by atoms with Gasteiger partial charge in [-0.2, -0.15) is 0 Å². The van der Waals surface area contributed by atoms with Crippen LogP contribution in [0.4, 0.5) is 10.1 Å². The Labute approximate surface area is 89.9 Å². The predicted molar refractivity (Wildman–Crippen MR) is 60.6 cm³/mol. The van der Waals surface area contributed by atoms with Crippen LogP contribution in [0.5, 0.6) is 0 Å². The molecule has 0 spiro atoms. The predicted octanol–water partition coefficient (Wildman–Crippen LogP) is 1.92. The maximum Gasteiger partial charge on any atom is 0.128 e. The van der Waals surface area contributed by atoms with Crippen molar-refractivity contribution in [2.75, 3.05) is 11.9 Å². The minimum atomic E-state index is -0.0912. The van der Waals surface area contributed by atoms with Crippen LogP contribution in [0.2, 0.25) is 0 Å². The van der Waals surface area contributed by atoms with E-state index in [9.17, 15) is 4.39 Å². The zero-order valence-corrected chi connectivity index (χ0v) is 9.20. The summed E-state index contributed by atoms with van der Waals surface area (Å²) in [6, 6.07) is 5.77. The van der Waals surface area contributed by atoms with Gasteiger partial charge in [0.05, 0.1) is 0 Å². The SMILES string of the molecule is CC(N)CC1Cc2c(F)cccc2N1C. The van der Waals surface area contributed by atoms with Gasteiger partial charge in [-0.05, 0) is 31.9 Å². The third-order valence-corrected chi connectivity index (χ3v) is 3.11. The molecule has 2 nitrogen and oxygen atoms in total. The summed E-state index contributed by atoms with van der Waals surface area (Å²) in [5.74, 6) is -0.0912. The first-order valence-electron chi connectivity index (χ1n) is 5.35. The molecule has 0 saturated carbocycles. The second kappa shape index (κ2) is 3.81. The molecule has 1 aromatic rings. The van der Waals surface area contributed by atoms with Crippen LogP contribution in [0.1, 0.15) is 18.9 Å². The Morgan fingerprint density at radius 3 is 2.93 bits per heavy atom. The summed E-state index contributed by atoms with van der Waals surface area (Å²) in [6.45, 7) is 1.99. The smallest absolute Gasteiger partial charge is 0.128 e. The second-order valence-electron chi connectivity index (χ2n) is 4.42. The lowest BCUT2D eigenvalue weighted by atomic mass is 10.0. The Kier molecular flexibility index (Phi) is 2.65. The molecular formula is C12H17FN2. The van der Waals surface area contributed by atoms with Gasteiger partial charge in [-0.25, -0.2) is 4.39 Å². The van der Waals surface area contributed by atoms with Crippen LogP contribution in [-0.4, -0.2) is 19.1 Å². The Morgan fingerprint density at radius 1 is 1.60 bits per heavy atom. The standard InChI is InChI=1S/C12H17FN2/c1-8(14)6-9-7-10-11(13)4-3-5-12(10)15(9)2/h3-5,8-9H,6-7,14H2,1-2H3. The van der Waals surface area contributed by atoms with Gasteiger partial charge in [0.25, 0.3) is 0 Å².